The minimum atomic E-state index is -4.14. The van der Waals surface area contributed by atoms with Crippen LogP contribution in [0.4, 0.5) is 21.0 Å². The van der Waals surface area contributed by atoms with Gasteiger partial charge in [-0.3, -0.25) is 0 Å². The van der Waals surface area contributed by atoms with Crippen molar-refractivity contribution in [2.24, 2.45) is 17.8 Å². The highest BCUT2D eigenvalue weighted by Crippen LogP contribution is 2.41. The molecule has 0 radical (unpaired) electrons. The van der Waals surface area contributed by atoms with Crippen molar-refractivity contribution in [3.8, 4) is 0 Å². The zero-order valence-electron chi connectivity index (χ0n) is 45.9. The summed E-state index contributed by atoms with van der Waals surface area (Å²) in [7, 11) is -8.19. The molecule has 2 heterocycles. The van der Waals surface area contributed by atoms with Crippen LogP contribution in [0.15, 0.2) is 42.9 Å². The van der Waals surface area contributed by atoms with E-state index in [0.29, 0.717) is 15.8 Å². The Morgan fingerprint density at radius 3 is 1.37 bits per heavy atom. The van der Waals surface area contributed by atoms with Crippen LogP contribution < -0.4 is 20.1 Å². The third-order valence-corrected chi connectivity index (χ3v) is 15.0. The number of amides is 4. The number of allylic oxidation sites excluding steroid dienone is 1. The van der Waals surface area contributed by atoms with Gasteiger partial charge in [0.15, 0.2) is 5.82 Å². The summed E-state index contributed by atoms with van der Waals surface area (Å²) in [6.07, 6.45) is 23.3. The minimum absolute atomic E-state index is 0.00947. The van der Waals surface area contributed by atoms with E-state index in [0.717, 1.165) is 146 Å². The predicted octanol–water partition coefficient (Wildman–Crippen LogP) is 12.4. The molecule has 73 heavy (non-hydrogen) atoms. The molecule has 15 nitrogen and oxygen atoms in total. The molecule has 6 aliphatic rings. The maximum Gasteiger partial charge on any atom is 0.347 e. The molecule has 4 amide bonds. The predicted molar refractivity (Wildman–Crippen MR) is 296 cm³/mol. The number of urea groups is 2. The Bertz CT molecular complexity index is 2500. The number of fused-ring (bicyclic) bond motifs is 4. The van der Waals surface area contributed by atoms with E-state index in [1.165, 1.54) is 77.3 Å². The molecule has 0 saturated heterocycles. The molecule has 4 N–H and O–H groups in total. The number of carbonyl (C=O) groups excluding carboxylic acids is 2. The number of anilines is 2. The molecule has 0 bridgehead atoms. The molecule has 0 atom stereocenters. The summed E-state index contributed by atoms with van der Waals surface area (Å²) in [6, 6.07) is 4.73. The first-order chi connectivity index (χ1) is 34.5. The molecule has 0 unspecified atom stereocenters. The number of hydrogen-bond acceptors (Lipinski definition) is 9. The van der Waals surface area contributed by atoms with E-state index >= 15 is 0 Å². The molecule has 2 aromatic heterocycles. The van der Waals surface area contributed by atoms with Gasteiger partial charge in [0.2, 0.25) is 0 Å². The highest BCUT2D eigenvalue weighted by molar-refractivity contribution is 7.88. The van der Waals surface area contributed by atoms with E-state index in [9.17, 15) is 26.4 Å². The van der Waals surface area contributed by atoms with Crippen molar-refractivity contribution in [2.45, 2.75) is 210 Å². The Hall–Kier alpha value is -5.03. The Labute approximate surface area is 438 Å². The quantitative estimate of drug-likeness (QED) is 0.106. The van der Waals surface area contributed by atoms with E-state index < -0.39 is 32.5 Å². The second-order valence-corrected chi connectivity index (χ2v) is 25.4. The van der Waals surface area contributed by atoms with E-state index in [4.69, 9.17) is 0 Å². The first-order valence-corrected chi connectivity index (χ1v) is 30.0. The van der Waals surface area contributed by atoms with Gasteiger partial charge in [-0.15, -0.1) is 19.9 Å². The second kappa shape index (κ2) is 27.0. The zero-order valence-corrected chi connectivity index (χ0v) is 47.6. The van der Waals surface area contributed by atoms with Crippen LogP contribution in [0.2, 0.25) is 0 Å². The number of benzene rings is 2. The number of aryl methyl sites for hydroxylation is 4. The first-order valence-electron chi connectivity index (χ1n) is 27.1. The number of nitrogens with zero attached hydrogens (tertiary/aromatic N) is 5. The summed E-state index contributed by atoms with van der Waals surface area (Å²) in [5.74, 6) is 3.49. The van der Waals surface area contributed by atoms with Gasteiger partial charge in [-0.2, -0.15) is 21.9 Å². The lowest BCUT2D eigenvalue weighted by Gasteiger charge is -2.16. The van der Waals surface area contributed by atoms with Gasteiger partial charge < -0.3 is 10.6 Å². The van der Waals surface area contributed by atoms with Crippen molar-refractivity contribution in [3.63, 3.8) is 0 Å². The third kappa shape index (κ3) is 18.1. The largest absolute Gasteiger partial charge is 0.347 e. The van der Waals surface area contributed by atoms with Crippen molar-refractivity contribution in [1.82, 2.24) is 32.8 Å². The fraction of sp³-hybridized carbons (Fsp3) is 0.625. The first kappa shape index (κ1) is 58.9. The summed E-state index contributed by atoms with van der Waals surface area (Å²) in [6.45, 7) is 27.1. The van der Waals surface area contributed by atoms with Gasteiger partial charge in [0, 0.05) is 29.4 Å². The van der Waals surface area contributed by atoms with Gasteiger partial charge in [-0.1, -0.05) is 106 Å². The fourth-order valence-corrected chi connectivity index (χ4v) is 10.4. The molecule has 17 heteroatoms. The standard InChI is InChI=1S/C19H22N4O3S.C18H23N5O3S.C7H14.C4H8.2C4H10/c24-19(22-27(25,26)23-10-9-17(21-23)12-7-8-12)20-18-15-5-1-3-13(15)11-14-4-2-6-16(14)18;1-11(2)17-19-10-23(21-17)27(25,26)22-18(24)20-16-14-7-3-5-12(14)9-13-6-4-8-15(13)16;1-4-5-6-7(2)3;1-4-2-3-4;2*1-4(2)3/h9-12H,1-8H2,(H2,20,22,24);9-11H,3-8H2,1-2H3,(H2,20,22,24);2,4-6H2,1,3H3;4H,2-3H2,1H3;2*4H,1-3H3. The van der Waals surface area contributed by atoms with Gasteiger partial charge >= 0.3 is 32.5 Å². The van der Waals surface area contributed by atoms with Crippen LogP contribution in [0.5, 0.6) is 0 Å². The van der Waals surface area contributed by atoms with Crippen molar-refractivity contribution < 1.29 is 26.4 Å². The summed E-state index contributed by atoms with van der Waals surface area (Å²) in [5, 5.41) is 13.7. The van der Waals surface area contributed by atoms with Gasteiger partial charge in [0.05, 0.1) is 5.69 Å². The number of unbranched alkanes of at least 4 members (excludes halogenated alkanes) is 1. The van der Waals surface area contributed by atoms with Gasteiger partial charge in [0.1, 0.15) is 6.33 Å². The Morgan fingerprint density at radius 2 is 1.05 bits per heavy atom. The van der Waals surface area contributed by atoms with Crippen LogP contribution in [-0.2, 0) is 71.8 Å². The average molecular weight is 1050 g/mol. The molecule has 0 aliphatic heterocycles. The molecule has 6 aliphatic carbocycles. The lowest BCUT2D eigenvalue weighted by molar-refractivity contribution is 0.255. The summed E-state index contributed by atoms with van der Waals surface area (Å²) in [5.41, 5.74) is 13.4. The van der Waals surface area contributed by atoms with Crippen LogP contribution in [0, 0.1) is 17.8 Å². The van der Waals surface area contributed by atoms with E-state index in [2.05, 4.69) is 112 Å². The zero-order chi connectivity index (χ0) is 53.6. The number of aromatic nitrogens is 5. The molecule has 10 rings (SSSR count). The maximum atomic E-state index is 12.5. The number of nitrogens with one attached hydrogen (secondary N) is 4. The van der Waals surface area contributed by atoms with Crippen molar-refractivity contribution >= 4 is 43.9 Å². The number of rotatable bonds is 11. The smallest absolute Gasteiger partial charge is 0.307 e. The maximum absolute atomic E-state index is 12.5. The van der Waals surface area contributed by atoms with Crippen molar-refractivity contribution in [2.75, 3.05) is 10.6 Å². The summed E-state index contributed by atoms with van der Waals surface area (Å²) < 4.78 is 55.5. The van der Waals surface area contributed by atoms with Crippen LogP contribution in [0.1, 0.15) is 215 Å². The van der Waals surface area contributed by atoms with Crippen molar-refractivity contribution in [1.29, 1.82) is 0 Å². The minimum Gasteiger partial charge on any atom is -0.307 e. The molecule has 404 valence electrons. The molecule has 0 spiro atoms. The second-order valence-electron chi connectivity index (χ2n) is 22.3. The van der Waals surface area contributed by atoms with Gasteiger partial charge in [-0.25, -0.2) is 24.0 Å². The SMILES string of the molecule is C=C(C)CCCC.CC(C)C.CC(C)C.CC(C)c1ncn(S(=O)(=O)NC(=O)Nc2c3c(cc4c2CCC4)CCC3)n1.CC1CC1.O=C(Nc1c2c(cc3c1CCC3)CCC2)NS(=O)(=O)n1ccc(C2CC2)n1. The highest BCUT2D eigenvalue weighted by atomic mass is 32.2. The molecular formula is C56H87N9O6S2. The monoisotopic (exact) mass is 1050 g/mol. The highest BCUT2D eigenvalue weighted by Gasteiger charge is 2.30. The normalized spacial score (nSPS) is 15.8. The van der Waals surface area contributed by atoms with Crippen LogP contribution in [0.25, 0.3) is 0 Å². The topological polar surface area (TPSA) is 199 Å². The lowest BCUT2D eigenvalue weighted by atomic mass is 9.99. The molecular weight excluding hydrogens is 959 g/mol. The van der Waals surface area contributed by atoms with E-state index in [1.807, 2.05) is 18.6 Å². The molecule has 2 saturated carbocycles. The Kier molecular flexibility index (Phi) is 21.7. The molecule has 2 aromatic carbocycles. The van der Waals surface area contributed by atoms with E-state index in [1.54, 1.807) is 6.07 Å². The van der Waals surface area contributed by atoms with Gasteiger partial charge in [-0.05, 0) is 178 Å². The third-order valence-electron chi connectivity index (χ3n) is 12.8. The average Bonchev–Trinajstić information content (AvgIpc) is 3.82. The Balaban J connectivity index is 0.000000200. The summed E-state index contributed by atoms with van der Waals surface area (Å²) >= 11 is 0. The molecule has 4 aromatic rings. The van der Waals surface area contributed by atoms with Crippen LogP contribution >= 0.6 is 0 Å². The number of hydrogen-bond donors (Lipinski definition) is 4. The Morgan fingerprint density at radius 1 is 0.658 bits per heavy atom. The van der Waals surface area contributed by atoms with Crippen LogP contribution in [-0.4, -0.2) is 52.3 Å². The molecule has 2 fully saturated rings. The van der Waals surface area contributed by atoms with Crippen molar-refractivity contribution in [3.05, 3.63) is 98.9 Å². The fourth-order valence-electron chi connectivity index (χ4n) is 8.88. The lowest BCUT2D eigenvalue weighted by Crippen LogP contribution is -2.38. The number of carbonyl (C=O) groups is 2. The van der Waals surface area contributed by atoms with Crippen LogP contribution in [0.3, 0.4) is 0 Å². The van der Waals surface area contributed by atoms with Gasteiger partial charge in [0.25, 0.3) is 0 Å². The van der Waals surface area contributed by atoms with E-state index in [-0.39, 0.29) is 5.92 Å². The summed E-state index contributed by atoms with van der Waals surface area (Å²) in [4.78, 5) is 29.0.